The van der Waals surface area contributed by atoms with Gasteiger partial charge in [0.2, 0.25) is 0 Å². The quantitative estimate of drug-likeness (QED) is 0.797. The Morgan fingerprint density at radius 1 is 1.00 bits per heavy atom. The predicted molar refractivity (Wildman–Crippen MR) is 93.4 cm³/mol. The van der Waals surface area contributed by atoms with Gasteiger partial charge in [-0.3, -0.25) is 0 Å². The first-order chi connectivity index (χ1) is 11.6. The first-order valence-corrected chi connectivity index (χ1v) is 8.78. The van der Waals surface area contributed by atoms with Gasteiger partial charge in [0.1, 0.15) is 11.9 Å². The van der Waals surface area contributed by atoms with Gasteiger partial charge in [-0.1, -0.05) is 36.4 Å². The third-order valence-corrected chi connectivity index (χ3v) is 5.74. The molecule has 3 heteroatoms. The van der Waals surface area contributed by atoms with Gasteiger partial charge in [0.15, 0.2) is 0 Å². The Bertz CT molecular complexity index is 717. The lowest BCUT2D eigenvalue weighted by molar-refractivity contribution is -0.0931. The molecule has 2 aliphatic rings. The standard InChI is InChI=1S/C21H24FNO/c1-23(2)17-11-13-21(14-12-17)19-6-4-3-5-18(19)20(24-21)15-7-9-16(22)10-8-15/h3-10,17,20H,11-14H2,1-2H3. The normalized spacial score (nSPS) is 29.2. The molecule has 0 aromatic heterocycles. The van der Waals surface area contributed by atoms with Gasteiger partial charge in [-0.25, -0.2) is 4.39 Å². The van der Waals surface area contributed by atoms with Crippen LogP contribution in [0.4, 0.5) is 4.39 Å². The summed E-state index contributed by atoms with van der Waals surface area (Å²) in [5, 5.41) is 0. The molecule has 0 radical (unpaired) electrons. The predicted octanol–water partition coefficient (Wildman–Crippen LogP) is 4.64. The topological polar surface area (TPSA) is 12.5 Å². The molecule has 2 aromatic rings. The molecule has 2 nitrogen and oxygen atoms in total. The molecule has 0 bridgehead atoms. The summed E-state index contributed by atoms with van der Waals surface area (Å²) in [5.74, 6) is -0.203. The fourth-order valence-corrected chi connectivity index (χ4v) is 4.35. The number of halogens is 1. The monoisotopic (exact) mass is 325 g/mol. The number of hydrogen-bond donors (Lipinski definition) is 0. The molecule has 1 atom stereocenters. The van der Waals surface area contributed by atoms with Crippen LogP contribution in [0.3, 0.4) is 0 Å². The van der Waals surface area contributed by atoms with Crippen molar-refractivity contribution in [3.63, 3.8) is 0 Å². The summed E-state index contributed by atoms with van der Waals surface area (Å²) < 4.78 is 20.0. The molecule has 24 heavy (non-hydrogen) atoms. The highest BCUT2D eigenvalue weighted by Crippen LogP contribution is 2.53. The SMILES string of the molecule is CN(C)C1CCC2(CC1)OC(c1ccc(F)cc1)c1ccccc12. The summed E-state index contributed by atoms with van der Waals surface area (Å²) >= 11 is 0. The third kappa shape index (κ3) is 2.56. The van der Waals surface area contributed by atoms with Gasteiger partial charge in [0, 0.05) is 6.04 Å². The third-order valence-electron chi connectivity index (χ3n) is 5.74. The number of rotatable bonds is 2. The molecule has 1 aliphatic carbocycles. The van der Waals surface area contributed by atoms with E-state index >= 15 is 0 Å². The van der Waals surface area contributed by atoms with E-state index in [4.69, 9.17) is 4.74 Å². The molecule has 4 rings (SSSR count). The largest absolute Gasteiger partial charge is 0.358 e. The van der Waals surface area contributed by atoms with Crippen molar-refractivity contribution < 1.29 is 9.13 Å². The van der Waals surface area contributed by atoms with E-state index in [-0.39, 0.29) is 17.5 Å². The van der Waals surface area contributed by atoms with Crippen LogP contribution in [-0.4, -0.2) is 25.0 Å². The van der Waals surface area contributed by atoms with Crippen LogP contribution in [0, 0.1) is 5.82 Å². The van der Waals surface area contributed by atoms with Crippen LogP contribution in [0.1, 0.15) is 48.5 Å². The zero-order valence-electron chi connectivity index (χ0n) is 14.3. The van der Waals surface area contributed by atoms with Gasteiger partial charge < -0.3 is 9.64 Å². The summed E-state index contributed by atoms with van der Waals surface area (Å²) in [6, 6.07) is 15.9. The average molecular weight is 325 g/mol. The van der Waals surface area contributed by atoms with E-state index in [1.807, 2.05) is 12.1 Å². The van der Waals surface area contributed by atoms with E-state index in [0.717, 1.165) is 31.2 Å². The van der Waals surface area contributed by atoms with Gasteiger partial charge in [-0.2, -0.15) is 0 Å². The average Bonchev–Trinajstić information content (AvgIpc) is 2.91. The molecule has 1 saturated carbocycles. The Labute approximate surface area is 143 Å². The van der Waals surface area contributed by atoms with Crippen molar-refractivity contribution in [2.75, 3.05) is 14.1 Å². The van der Waals surface area contributed by atoms with Crippen molar-refractivity contribution >= 4 is 0 Å². The Morgan fingerprint density at radius 3 is 2.33 bits per heavy atom. The lowest BCUT2D eigenvalue weighted by atomic mass is 9.77. The lowest BCUT2D eigenvalue weighted by Crippen LogP contribution is -2.39. The van der Waals surface area contributed by atoms with Gasteiger partial charge in [0.25, 0.3) is 0 Å². The summed E-state index contributed by atoms with van der Waals surface area (Å²) in [4.78, 5) is 2.32. The smallest absolute Gasteiger partial charge is 0.123 e. The zero-order valence-corrected chi connectivity index (χ0v) is 14.3. The van der Waals surface area contributed by atoms with Crippen molar-refractivity contribution in [1.82, 2.24) is 4.90 Å². The van der Waals surface area contributed by atoms with Gasteiger partial charge in [-0.15, -0.1) is 0 Å². The molecule has 1 unspecified atom stereocenters. The number of benzene rings is 2. The molecule has 1 heterocycles. The second kappa shape index (κ2) is 5.98. The van der Waals surface area contributed by atoms with Crippen LogP contribution in [0.25, 0.3) is 0 Å². The van der Waals surface area contributed by atoms with Crippen molar-refractivity contribution in [3.8, 4) is 0 Å². The Balaban J connectivity index is 1.68. The van der Waals surface area contributed by atoms with E-state index in [0.29, 0.717) is 6.04 Å². The van der Waals surface area contributed by atoms with Crippen molar-refractivity contribution in [2.45, 2.75) is 43.4 Å². The van der Waals surface area contributed by atoms with Crippen LogP contribution in [-0.2, 0) is 10.3 Å². The highest BCUT2D eigenvalue weighted by atomic mass is 19.1. The van der Waals surface area contributed by atoms with Crippen LogP contribution >= 0.6 is 0 Å². The maximum atomic E-state index is 13.3. The minimum Gasteiger partial charge on any atom is -0.358 e. The maximum Gasteiger partial charge on any atom is 0.123 e. The van der Waals surface area contributed by atoms with Crippen LogP contribution in [0.15, 0.2) is 48.5 Å². The zero-order chi connectivity index (χ0) is 16.7. The number of hydrogen-bond acceptors (Lipinski definition) is 2. The van der Waals surface area contributed by atoms with Gasteiger partial charge in [-0.05, 0) is 68.6 Å². The number of ether oxygens (including phenoxy) is 1. The molecule has 2 aromatic carbocycles. The fourth-order valence-electron chi connectivity index (χ4n) is 4.35. The highest BCUT2D eigenvalue weighted by molar-refractivity contribution is 5.43. The Kier molecular flexibility index (Phi) is 3.93. The molecule has 0 saturated heterocycles. The molecule has 1 aliphatic heterocycles. The van der Waals surface area contributed by atoms with E-state index in [2.05, 4.69) is 43.3 Å². The second-order valence-electron chi connectivity index (χ2n) is 7.33. The molecule has 1 spiro atoms. The van der Waals surface area contributed by atoms with Crippen LogP contribution in [0.2, 0.25) is 0 Å². The lowest BCUT2D eigenvalue weighted by Gasteiger charge is -2.40. The van der Waals surface area contributed by atoms with Crippen molar-refractivity contribution in [3.05, 3.63) is 71.0 Å². The van der Waals surface area contributed by atoms with Gasteiger partial charge in [0.05, 0.1) is 5.60 Å². The second-order valence-corrected chi connectivity index (χ2v) is 7.33. The van der Waals surface area contributed by atoms with Crippen LogP contribution < -0.4 is 0 Å². The van der Waals surface area contributed by atoms with Crippen molar-refractivity contribution in [1.29, 1.82) is 0 Å². The first kappa shape index (κ1) is 15.8. The molecule has 1 fully saturated rings. The first-order valence-electron chi connectivity index (χ1n) is 8.78. The molecule has 0 amide bonds. The van der Waals surface area contributed by atoms with E-state index in [9.17, 15) is 4.39 Å². The molecule has 126 valence electrons. The maximum absolute atomic E-state index is 13.3. The molecule has 0 N–H and O–H groups in total. The minimum absolute atomic E-state index is 0.0855. The summed E-state index contributed by atoms with van der Waals surface area (Å²) in [6.07, 6.45) is 4.31. The Morgan fingerprint density at radius 2 is 1.67 bits per heavy atom. The summed E-state index contributed by atoms with van der Waals surface area (Å²) in [5.41, 5.74) is 3.43. The summed E-state index contributed by atoms with van der Waals surface area (Å²) in [7, 11) is 4.32. The van der Waals surface area contributed by atoms with E-state index < -0.39 is 0 Å². The highest BCUT2D eigenvalue weighted by Gasteiger charge is 2.47. The molecular formula is C21H24FNO. The van der Waals surface area contributed by atoms with Crippen LogP contribution in [0.5, 0.6) is 0 Å². The number of nitrogens with zero attached hydrogens (tertiary/aromatic N) is 1. The molecular weight excluding hydrogens is 301 g/mol. The minimum atomic E-state index is -0.203. The van der Waals surface area contributed by atoms with Crippen molar-refractivity contribution in [2.24, 2.45) is 0 Å². The van der Waals surface area contributed by atoms with E-state index in [1.54, 1.807) is 0 Å². The van der Waals surface area contributed by atoms with E-state index in [1.165, 1.54) is 23.3 Å². The number of fused-ring (bicyclic) bond motifs is 2. The Hall–Kier alpha value is -1.71. The van der Waals surface area contributed by atoms with Gasteiger partial charge >= 0.3 is 0 Å². The summed E-state index contributed by atoms with van der Waals surface area (Å²) in [6.45, 7) is 0. The fraction of sp³-hybridized carbons (Fsp3) is 0.429.